The normalized spacial score (nSPS) is 22.6. The van der Waals surface area contributed by atoms with Crippen LogP contribution in [0, 0.1) is 0 Å². The third-order valence-corrected chi connectivity index (χ3v) is 4.08. The summed E-state index contributed by atoms with van der Waals surface area (Å²) in [6.45, 7) is 2.22. The fourth-order valence-electron chi connectivity index (χ4n) is 2.83. The van der Waals surface area contributed by atoms with Crippen molar-refractivity contribution in [2.75, 3.05) is 37.4 Å². The molecule has 1 aromatic rings. The van der Waals surface area contributed by atoms with Crippen LogP contribution in [0.5, 0.6) is 5.75 Å². The van der Waals surface area contributed by atoms with E-state index < -0.39 is 0 Å². The Morgan fingerprint density at radius 3 is 3.20 bits per heavy atom. The van der Waals surface area contributed by atoms with Crippen molar-refractivity contribution < 1.29 is 9.53 Å². The van der Waals surface area contributed by atoms with Gasteiger partial charge in [0.05, 0.1) is 5.69 Å². The summed E-state index contributed by atoms with van der Waals surface area (Å²) in [6.07, 6.45) is 3.86. The molecule has 1 amide bonds. The van der Waals surface area contributed by atoms with Gasteiger partial charge in [0.1, 0.15) is 5.75 Å². The Balaban J connectivity index is 1.63. The minimum absolute atomic E-state index is 0.0957. The predicted molar refractivity (Wildman–Crippen MR) is 79.3 cm³/mol. The van der Waals surface area contributed by atoms with Crippen LogP contribution in [-0.2, 0) is 4.79 Å². The number of hydrogen-bond donors (Lipinski definition) is 2. The molecule has 0 aliphatic carbocycles. The first-order chi connectivity index (χ1) is 9.72. The number of ether oxygens (including phenoxy) is 1. The standard InChI is InChI=1S/C15H21N3O2/c1-18-7-3-2-4-12(18)9-16-11-5-6-14-13(8-11)17-15(19)10-20-14/h5-6,8,12,16H,2-4,7,9-10H2,1H3,(H,17,19). The number of carbonyl (C=O) groups is 1. The number of likely N-dealkylation sites (N-methyl/N-ethyl adjacent to an activating group) is 1. The molecule has 1 fully saturated rings. The first-order valence-electron chi connectivity index (χ1n) is 7.23. The van der Waals surface area contributed by atoms with Gasteiger partial charge in [0.2, 0.25) is 0 Å². The molecule has 2 aliphatic rings. The second-order valence-corrected chi connectivity index (χ2v) is 5.56. The van der Waals surface area contributed by atoms with Crippen molar-refractivity contribution in [3.05, 3.63) is 18.2 Å². The Hall–Kier alpha value is -1.75. The van der Waals surface area contributed by atoms with Crippen molar-refractivity contribution in [2.24, 2.45) is 0 Å². The molecule has 108 valence electrons. The number of amides is 1. The van der Waals surface area contributed by atoms with Gasteiger partial charge in [-0.25, -0.2) is 0 Å². The van der Waals surface area contributed by atoms with Crippen LogP contribution in [0.4, 0.5) is 11.4 Å². The average Bonchev–Trinajstić information content (AvgIpc) is 2.46. The number of likely N-dealkylation sites (tertiary alicyclic amines) is 1. The Kier molecular flexibility index (Phi) is 3.78. The summed E-state index contributed by atoms with van der Waals surface area (Å²) in [5.41, 5.74) is 1.77. The van der Waals surface area contributed by atoms with Crippen LogP contribution in [0.25, 0.3) is 0 Å². The van der Waals surface area contributed by atoms with Gasteiger partial charge in [-0.15, -0.1) is 0 Å². The number of rotatable bonds is 3. The van der Waals surface area contributed by atoms with Crippen molar-refractivity contribution in [1.29, 1.82) is 0 Å². The molecule has 1 saturated heterocycles. The second-order valence-electron chi connectivity index (χ2n) is 5.56. The van der Waals surface area contributed by atoms with E-state index in [2.05, 4.69) is 22.6 Å². The molecule has 0 aromatic heterocycles. The number of piperidine rings is 1. The van der Waals surface area contributed by atoms with E-state index >= 15 is 0 Å². The molecule has 5 nitrogen and oxygen atoms in total. The fraction of sp³-hybridized carbons (Fsp3) is 0.533. The smallest absolute Gasteiger partial charge is 0.262 e. The van der Waals surface area contributed by atoms with Gasteiger partial charge in [-0.3, -0.25) is 4.79 Å². The molecule has 3 rings (SSSR count). The zero-order valence-electron chi connectivity index (χ0n) is 11.8. The highest BCUT2D eigenvalue weighted by Gasteiger charge is 2.19. The average molecular weight is 275 g/mol. The number of nitrogens with zero attached hydrogens (tertiary/aromatic N) is 1. The lowest BCUT2D eigenvalue weighted by Crippen LogP contribution is -2.40. The molecule has 1 aromatic carbocycles. The fourth-order valence-corrected chi connectivity index (χ4v) is 2.83. The molecule has 2 N–H and O–H groups in total. The number of fused-ring (bicyclic) bond motifs is 1. The first-order valence-corrected chi connectivity index (χ1v) is 7.23. The van der Waals surface area contributed by atoms with E-state index in [0.717, 1.165) is 23.7 Å². The van der Waals surface area contributed by atoms with Crippen molar-refractivity contribution in [1.82, 2.24) is 4.90 Å². The van der Waals surface area contributed by atoms with Crippen LogP contribution >= 0.6 is 0 Å². The Bertz CT molecular complexity index is 504. The molecule has 2 heterocycles. The molecule has 0 saturated carbocycles. The molecule has 1 atom stereocenters. The van der Waals surface area contributed by atoms with Crippen LogP contribution < -0.4 is 15.4 Å². The number of nitrogens with one attached hydrogen (secondary N) is 2. The molecule has 0 spiro atoms. The summed E-state index contributed by atoms with van der Waals surface area (Å²) < 4.78 is 5.35. The molecular weight excluding hydrogens is 254 g/mol. The Morgan fingerprint density at radius 2 is 2.35 bits per heavy atom. The summed E-state index contributed by atoms with van der Waals surface area (Å²) in [5, 5.41) is 6.29. The van der Waals surface area contributed by atoms with E-state index in [4.69, 9.17) is 4.74 Å². The van der Waals surface area contributed by atoms with Crippen LogP contribution in [0.2, 0.25) is 0 Å². The predicted octanol–water partition coefficient (Wildman–Crippen LogP) is 1.91. The van der Waals surface area contributed by atoms with Gasteiger partial charge in [-0.1, -0.05) is 6.42 Å². The third-order valence-electron chi connectivity index (χ3n) is 4.08. The lowest BCUT2D eigenvalue weighted by atomic mass is 10.0. The van der Waals surface area contributed by atoms with Crippen LogP contribution in [0.15, 0.2) is 18.2 Å². The largest absolute Gasteiger partial charge is 0.482 e. The minimum atomic E-state index is -0.0957. The lowest BCUT2D eigenvalue weighted by molar-refractivity contribution is -0.118. The number of benzene rings is 1. The second kappa shape index (κ2) is 5.71. The maximum absolute atomic E-state index is 11.3. The third kappa shape index (κ3) is 2.88. The maximum Gasteiger partial charge on any atom is 0.262 e. The van der Waals surface area contributed by atoms with E-state index in [1.54, 1.807) is 0 Å². The van der Waals surface area contributed by atoms with Gasteiger partial charge in [-0.2, -0.15) is 0 Å². The highest BCUT2D eigenvalue weighted by Crippen LogP contribution is 2.30. The monoisotopic (exact) mass is 275 g/mol. The van der Waals surface area contributed by atoms with Crippen LogP contribution in [0.1, 0.15) is 19.3 Å². The van der Waals surface area contributed by atoms with E-state index in [9.17, 15) is 4.79 Å². The SMILES string of the molecule is CN1CCCCC1CNc1ccc2c(c1)NC(=O)CO2. The first kappa shape index (κ1) is 13.2. The summed E-state index contributed by atoms with van der Waals surface area (Å²) >= 11 is 0. The van der Waals surface area contributed by atoms with E-state index in [-0.39, 0.29) is 12.5 Å². The highest BCUT2D eigenvalue weighted by atomic mass is 16.5. The van der Waals surface area contributed by atoms with Crippen molar-refractivity contribution in [2.45, 2.75) is 25.3 Å². The zero-order chi connectivity index (χ0) is 13.9. The lowest BCUT2D eigenvalue weighted by Gasteiger charge is -2.32. The quantitative estimate of drug-likeness (QED) is 0.885. The highest BCUT2D eigenvalue weighted by molar-refractivity contribution is 5.96. The summed E-state index contributed by atoms with van der Waals surface area (Å²) in [7, 11) is 2.19. The number of anilines is 2. The van der Waals surface area contributed by atoms with E-state index in [1.165, 1.54) is 25.8 Å². The molecule has 0 radical (unpaired) electrons. The Morgan fingerprint density at radius 1 is 1.45 bits per heavy atom. The molecular formula is C15H21N3O2. The number of hydrogen-bond acceptors (Lipinski definition) is 4. The Labute approximate surface area is 119 Å². The maximum atomic E-state index is 11.3. The summed E-state index contributed by atoms with van der Waals surface area (Å²) in [6, 6.07) is 6.43. The van der Waals surface area contributed by atoms with Gasteiger partial charge in [-0.05, 0) is 44.6 Å². The van der Waals surface area contributed by atoms with Crippen molar-refractivity contribution in [3.8, 4) is 5.75 Å². The minimum Gasteiger partial charge on any atom is -0.482 e. The van der Waals surface area contributed by atoms with Gasteiger partial charge in [0, 0.05) is 18.3 Å². The zero-order valence-corrected chi connectivity index (χ0v) is 11.8. The van der Waals surface area contributed by atoms with Gasteiger partial charge < -0.3 is 20.3 Å². The number of carbonyl (C=O) groups excluding carboxylic acids is 1. The summed E-state index contributed by atoms with van der Waals surface area (Å²) in [5.74, 6) is 0.645. The molecule has 5 heteroatoms. The molecule has 20 heavy (non-hydrogen) atoms. The summed E-state index contributed by atoms with van der Waals surface area (Å²) in [4.78, 5) is 13.7. The molecule has 1 unspecified atom stereocenters. The van der Waals surface area contributed by atoms with Crippen LogP contribution in [-0.4, -0.2) is 43.6 Å². The van der Waals surface area contributed by atoms with Crippen molar-refractivity contribution >= 4 is 17.3 Å². The molecule has 0 bridgehead atoms. The van der Waals surface area contributed by atoms with E-state index in [1.807, 2.05) is 18.2 Å². The van der Waals surface area contributed by atoms with Gasteiger partial charge in [0.15, 0.2) is 6.61 Å². The topological polar surface area (TPSA) is 53.6 Å². The van der Waals surface area contributed by atoms with Gasteiger partial charge in [0.25, 0.3) is 5.91 Å². The van der Waals surface area contributed by atoms with Crippen molar-refractivity contribution in [3.63, 3.8) is 0 Å². The molecule has 2 aliphatic heterocycles. The van der Waals surface area contributed by atoms with E-state index in [0.29, 0.717) is 6.04 Å². The van der Waals surface area contributed by atoms with Gasteiger partial charge >= 0.3 is 0 Å². The van der Waals surface area contributed by atoms with Crippen LogP contribution in [0.3, 0.4) is 0 Å².